The molecule has 0 aliphatic carbocycles. The molecule has 0 saturated carbocycles. The van der Waals surface area contributed by atoms with Crippen molar-refractivity contribution >= 4 is 0 Å². The second-order valence-corrected chi connectivity index (χ2v) is 7.24. The first-order valence-electron chi connectivity index (χ1n) is 8.79. The summed E-state index contributed by atoms with van der Waals surface area (Å²) in [4.78, 5) is 5.41. The molecule has 118 valence electrons. The minimum Gasteiger partial charge on any atom is -0.313 e. The van der Waals surface area contributed by atoms with Crippen LogP contribution in [-0.2, 0) is 0 Å². The van der Waals surface area contributed by atoms with Gasteiger partial charge in [0.2, 0.25) is 0 Å². The van der Waals surface area contributed by atoms with Crippen molar-refractivity contribution in [2.24, 2.45) is 5.92 Å². The Morgan fingerprint density at radius 3 is 2.70 bits per heavy atom. The molecule has 2 aliphatic heterocycles. The Bertz CT molecular complexity index is 279. The van der Waals surface area contributed by atoms with Gasteiger partial charge in [-0.25, -0.2) is 0 Å². The van der Waals surface area contributed by atoms with Crippen LogP contribution in [0.5, 0.6) is 0 Å². The number of hydrogen-bond acceptors (Lipinski definition) is 3. The van der Waals surface area contributed by atoms with Gasteiger partial charge in [-0.1, -0.05) is 27.2 Å². The number of hydrogen-bond donors (Lipinski definition) is 1. The standard InChI is InChI=1S/C17H35N3/c1-5-7-16(12-18-14(2)3)20-11-9-17-15(13-20)8-6-10-19(17)4/h14-18H,5-13H2,1-4H3. The summed E-state index contributed by atoms with van der Waals surface area (Å²) in [6.45, 7) is 11.9. The summed E-state index contributed by atoms with van der Waals surface area (Å²) in [6.07, 6.45) is 6.86. The van der Waals surface area contributed by atoms with Gasteiger partial charge in [0, 0.05) is 31.2 Å². The first-order chi connectivity index (χ1) is 9.61. The van der Waals surface area contributed by atoms with Crippen molar-refractivity contribution in [2.45, 2.75) is 71.0 Å². The molecule has 3 atom stereocenters. The van der Waals surface area contributed by atoms with Crippen molar-refractivity contribution < 1.29 is 0 Å². The van der Waals surface area contributed by atoms with Crippen molar-refractivity contribution in [2.75, 3.05) is 33.2 Å². The van der Waals surface area contributed by atoms with E-state index in [0.29, 0.717) is 6.04 Å². The molecule has 3 nitrogen and oxygen atoms in total. The summed E-state index contributed by atoms with van der Waals surface area (Å²) >= 11 is 0. The average molecular weight is 281 g/mol. The minimum atomic E-state index is 0.604. The monoisotopic (exact) mass is 281 g/mol. The summed E-state index contributed by atoms with van der Waals surface area (Å²) in [7, 11) is 2.33. The lowest BCUT2D eigenvalue weighted by Gasteiger charge is -2.48. The molecule has 2 saturated heterocycles. The molecule has 0 amide bonds. The van der Waals surface area contributed by atoms with Gasteiger partial charge in [-0.15, -0.1) is 0 Å². The maximum Gasteiger partial charge on any atom is 0.0220 e. The third-order valence-corrected chi connectivity index (χ3v) is 5.28. The highest BCUT2D eigenvalue weighted by atomic mass is 15.2. The lowest BCUT2D eigenvalue weighted by molar-refractivity contribution is 0.0179. The zero-order chi connectivity index (χ0) is 14.5. The highest BCUT2D eigenvalue weighted by Gasteiger charge is 2.35. The van der Waals surface area contributed by atoms with Gasteiger partial charge in [0.15, 0.2) is 0 Å². The molecule has 20 heavy (non-hydrogen) atoms. The van der Waals surface area contributed by atoms with Crippen LogP contribution in [0.3, 0.4) is 0 Å². The van der Waals surface area contributed by atoms with Crippen molar-refractivity contribution in [1.29, 1.82) is 0 Å². The van der Waals surface area contributed by atoms with E-state index in [9.17, 15) is 0 Å². The summed E-state index contributed by atoms with van der Waals surface area (Å²) in [5, 5.41) is 3.66. The van der Waals surface area contributed by atoms with E-state index in [0.717, 1.165) is 18.0 Å². The van der Waals surface area contributed by atoms with Crippen molar-refractivity contribution in [1.82, 2.24) is 15.1 Å². The van der Waals surface area contributed by atoms with Gasteiger partial charge in [-0.05, 0) is 51.7 Å². The number of likely N-dealkylation sites (tertiary alicyclic amines) is 2. The Morgan fingerprint density at radius 2 is 2.00 bits per heavy atom. The van der Waals surface area contributed by atoms with Crippen LogP contribution < -0.4 is 5.32 Å². The van der Waals surface area contributed by atoms with E-state index in [1.54, 1.807) is 0 Å². The fraction of sp³-hybridized carbons (Fsp3) is 1.00. The first kappa shape index (κ1) is 16.3. The predicted octanol–water partition coefficient (Wildman–Crippen LogP) is 2.57. The van der Waals surface area contributed by atoms with Crippen molar-refractivity contribution in [3.05, 3.63) is 0 Å². The Kier molecular flexibility index (Phi) is 6.31. The zero-order valence-corrected chi connectivity index (χ0v) is 14.1. The molecule has 2 fully saturated rings. The zero-order valence-electron chi connectivity index (χ0n) is 14.1. The number of nitrogens with one attached hydrogen (secondary N) is 1. The molecule has 0 radical (unpaired) electrons. The summed E-state index contributed by atoms with van der Waals surface area (Å²) in [6, 6.07) is 2.21. The van der Waals surface area contributed by atoms with E-state index in [1.165, 1.54) is 58.3 Å². The number of fused-ring (bicyclic) bond motifs is 1. The molecule has 0 spiro atoms. The topological polar surface area (TPSA) is 18.5 Å². The van der Waals surface area contributed by atoms with E-state index in [4.69, 9.17) is 0 Å². The summed E-state index contributed by atoms with van der Waals surface area (Å²) in [5.74, 6) is 0.918. The third-order valence-electron chi connectivity index (χ3n) is 5.28. The normalized spacial score (nSPS) is 30.4. The highest BCUT2D eigenvalue weighted by molar-refractivity contribution is 4.91. The molecule has 3 unspecified atom stereocenters. The Morgan fingerprint density at radius 1 is 1.20 bits per heavy atom. The lowest BCUT2D eigenvalue weighted by Crippen LogP contribution is -2.56. The molecule has 0 bridgehead atoms. The molecule has 2 rings (SSSR count). The maximum atomic E-state index is 3.66. The minimum absolute atomic E-state index is 0.604. The Balaban J connectivity index is 1.90. The lowest BCUT2D eigenvalue weighted by atomic mass is 9.83. The first-order valence-corrected chi connectivity index (χ1v) is 8.79. The van der Waals surface area contributed by atoms with E-state index in [1.807, 2.05) is 0 Å². The molecule has 3 heteroatoms. The number of piperidine rings is 2. The van der Waals surface area contributed by atoms with Gasteiger partial charge in [0.1, 0.15) is 0 Å². The van der Waals surface area contributed by atoms with Crippen molar-refractivity contribution in [3.8, 4) is 0 Å². The van der Waals surface area contributed by atoms with E-state index >= 15 is 0 Å². The molecule has 0 aromatic carbocycles. The van der Waals surface area contributed by atoms with Gasteiger partial charge in [-0.2, -0.15) is 0 Å². The average Bonchev–Trinajstić information content (AvgIpc) is 2.43. The molecular weight excluding hydrogens is 246 g/mol. The summed E-state index contributed by atoms with van der Waals surface area (Å²) in [5.41, 5.74) is 0. The number of rotatable bonds is 6. The fourth-order valence-electron chi connectivity index (χ4n) is 4.13. The van der Waals surface area contributed by atoms with Gasteiger partial charge in [-0.3, -0.25) is 4.90 Å². The molecule has 0 aromatic heterocycles. The predicted molar refractivity (Wildman–Crippen MR) is 87.2 cm³/mol. The fourth-order valence-corrected chi connectivity index (χ4v) is 4.13. The van der Waals surface area contributed by atoms with Gasteiger partial charge >= 0.3 is 0 Å². The van der Waals surface area contributed by atoms with Crippen LogP contribution in [-0.4, -0.2) is 61.2 Å². The van der Waals surface area contributed by atoms with Crippen LogP contribution in [0.1, 0.15) is 52.9 Å². The largest absolute Gasteiger partial charge is 0.313 e. The second-order valence-electron chi connectivity index (χ2n) is 7.24. The second kappa shape index (κ2) is 7.77. The van der Waals surface area contributed by atoms with Gasteiger partial charge in [0.25, 0.3) is 0 Å². The number of nitrogens with zero attached hydrogens (tertiary/aromatic N) is 2. The Hall–Kier alpha value is -0.120. The van der Waals surface area contributed by atoms with Gasteiger partial charge in [0.05, 0.1) is 0 Å². The summed E-state index contributed by atoms with van der Waals surface area (Å²) < 4.78 is 0. The van der Waals surface area contributed by atoms with Gasteiger partial charge < -0.3 is 10.2 Å². The van der Waals surface area contributed by atoms with Crippen molar-refractivity contribution in [3.63, 3.8) is 0 Å². The molecule has 2 heterocycles. The molecule has 1 N–H and O–H groups in total. The van der Waals surface area contributed by atoms with E-state index < -0.39 is 0 Å². The smallest absolute Gasteiger partial charge is 0.0220 e. The van der Waals surface area contributed by atoms with Crippen LogP contribution in [0.4, 0.5) is 0 Å². The van der Waals surface area contributed by atoms with Crippen LogP contribution in [0.25, 0.3) is 0 Å². The molecular formula is C17H35N3. The van der Waals surface area contributed by atoms with E-state index in [-0.39, 0.29) is 0 Å². The van der Waals surface area contributed by atoms with Crippen LogP contribution in [0, 0.1) is 5.92 Å². The van der Waals surface area contributed by atoms with Crippen LogP contribution in [0.15, 0.2) is 0 Å². The Labute approximate surface area is 126 Å². The van der Waals surface area contributed by atoms with Crippen LogP contribution >= 0.6 is 0 Å². The SMILES string of the molecule is CCCC(CNC(C)C)N1CCC2C(CCCN2C)C1. The molecule has 2 aliphatic rings. The quantitative estimate of drug-likeness (QED) is 0.807. The molecule has 0 aromatic rings. The highest BCUT2D eigenvalue weighted by Crippen LogP contribution is 2.30. The maximum absolute atomic E-state index is 3.66. The third kappa shape index (κ3) is 4.19. The van der Waals surface area contributed by atoms with Crippen LogP contribution in [0.2, 0.25) is 0 Å². The van der Waals surface area contributed by atoms with E-state index in [2.05, 4.69) is 42.9 Å².